The third-order valence-corrected chi connectivity index (χ3v) is 4.28. The van der Waals surface area contributed by atoms with Crippen LogP contribution in [-0.2, 0) is 17.8 Å². The Morgan fingerprint density at radius 3 is 2.77 bits per heavy atom. The molecule has 22 heavy (non-hydrogen) atoms. The molecule has 0 atom stereocenters. The Morgan fingerprint density at radius 1 is 1.14 bits per heavy atom. The van der Waals surface area contributed by atoms with Gasteiger partial charge in [0.25, 0.3) is 0 Å². The number of aryl methyl sites for hydroxylation is 2. The van der Waals surface area contributed by atoms with Crippen molar-refractivity contribution in [3.63, 3.8) is 0 Å². The number of fused-ring (bicyclic) bond motifs is 1. The van der Waals surface area contributed by atoms with Crippen LogP contribution < -0.4 is 10.2 Å². The lowest BCUT2D eigenvalue weighted by Gasteiger charge is -2.22. The third kappa shape index (κ3) is 3.20. The molecule has 3 nitrogen and oxygen atoms in total. The van der Waals surface area contributed by atoms with Crippen molar-refractivity contribution < 1.29 is 4.79 Å². The molecule has 0 fully saturated rings. The average molecular weight is 294 g/mol. The summed E-state index contributed by atoms with van der Waals surface area (Å²) < 4.78 is 0. The minimum Gasteiger partial charge on any atom is -0.311 e. The van der Waals surface area contributed by atoms with Crippen LogP contribution in [0.2, 0.25) is 0 Å². The van der Waals surface area contributed by atoms with Gasteiger partial charge in [-0.25, -0.2) is 0 Å². The normalized spacial score (nSPS) is 14.3. The van der Waals surface area contributed by atoms with Gasteiger partial charge < -0.3 is 10.2 Å². The SMILES string of the molecule is Cc1ccccc1CCC(=O)N1CCNCc2ccccc21. The first-order chi connectivity index (χ1) is 10.8. The number of nitrogens with one attached hydrogen (secondary N) is 1. The summed E-state index contributed by atoms with van der Waals surface area (Å²) in [6.45, 7) is 4.51. The Kier molecular flexibility index (Phi) is 4.54. The summed E-state index contributed by atoms with van der Waals surface area (Å²) in [5, 5.41) is 3.38. The number of anilines is 1. The lowest BCUT2D eigenvalue weighted by atomic mass is 10.0. The van der Waals surface area contributed by atoms with Crippen LogP contribution in [0.3, 0.4) is 0 Å². The van der Waals surface area contributed by atoms with E-state index in [4.69, 9.17) is 0 Å². The van der Waals surface area contributed by atoms with Crippen LogP contribution in [-0.4, -0.2) is 19.0 Å². The smallest absolute Gasteiger partial charge is 0.227 e. The molecule has 0 unspecified atom stereocenters. The molecular weight excluding hydrogens is 272 g/mol. The van der Waals surface area contributed by atoms with Crippen LogP contribution in [0.4, 0.5) is 5.69 Å². The molecule has 3 rings (SSSR count). The van der Waals surface area contributed by atoms with Gasteiger partial charge in [-0.15, -0.1) is 0 Å². The summed E-state index contributed by atoms with van der Waals surface area (Å²) >= 11 is 0. The zero-order valence-electron chi connectivity index (χ0n) is 13.0. The van der Waals surface area contributed by atoms with Gasteiger partial charge in [-0.3, -0.25) is 4.79 Å². The Balaban J connectivity index is 1.73. The number of para-hydroxylation sites is 1. The highest BCUT2D eigenvalue weighted by molar-refractivity contribution is 5.94. The Bertz CT molecular complexity index is 666. The predicted octanol–water partition coefficient (Wildman–Crippen LogP) is 3.06. The lowest BCUT2D eigenvalue weighted by molar-refractivity contribution is -0.118. The highest BCUT2D eigenvalue weighted by Crippen LogP contribution is 2.23. The highest BCUT2D eigenvalue weighted by atomic mass is 16.2. The van der Waals surface area contributed by atoms with Gasteiger partial charge in [-0.05, 0) is 36.1 Å². The molecular formula is C19H22N2O. The van der Waals surface area contributed by atoms with Crippen LogP contribution in [0, 0.1) is 6.92 Å². The highest BCUT2D eigenvalue weighted by Gasteiger charge is 2.20. The summed E-state index contributed by atoms with van der Waals surface area (Å²) in [5.41, 5.74) is 4.77. The molecule has 0 aliphatic carbocycles. The second kappa shape index (κ2) is 6.75. The number of rotatable bonds is 3. The summed E-state index contributed by atoms with van der Waals surface area (Å²) in [5.74, 6) is 0.208. The molecule has 3 heteroatoms. The molecule has 114 valence electrons. The third-order valence-electron chi connectivity index (χ3n) is 4.28. The van der Waals surface area contributed by atoms with Gasteiger partial charge in [-0.1, -0.05) is 42.5 Å². The number of carbonyl (C=O) groups excluding carboxylic acids is 1. The molecule has 0 radical (unpaired) electrons. The minimum atomic E-state index is 0.208. The van der Waals surface area contributed by atoms with Gasteiger partial charge in [0, 0.05) is 31.7 Å². The van der Waals surface area contributed by atoms with E-state index in [0.717, 1.165) is 31.7 Å². The molecule has 0 saturated carbocycles. The van der Waals surface area contributed by atoms with E-state index < -0.39 is 0 Å². The van der Waals surface area contributed by atoms with Gasteiger partial charge in [0.2, 0.25) is 5.91 Å². The first kappa shape index (κ1) is 14.8. The zero-order chi connectivity index (χ0) is 15.4. The number of amides is 1. The van der Waals surface area contributed by atoms with Crippen LogP contribution >= 0.6 is 0 Å². The fraction of sp³-hybridized carbons (Fsp3) is 0.316. The Hall–Kier alpha value is -2.13. The van der Waals surface area contributed by atoms with Crippen molar-refractivity contribution in [1.29, 1.82) is 0 Å². The molecule has 1 heterocycles. The topological polar surface area (TPSA) is 32.3 Å². The molecule has 0 aromatic heterocycles. The molecule has 1 aliphatic heterocycles. The summed E-state index contributed by atoms with van der Waals surface area (Å²) in [6, 6.07) is 16.5. The van der Waals surface area contributed by atoms with Gasteiger partial charge in [-0.2, -0.15) is 0 Å². The first-order valence-electron chi connectivity index (χ1n) is 7.89. The molecule has 1 amide bonds. The van der Waals surface area contributed by atoms with Gasteiger partial charge in [0.1, 0.15) is 0 Å². The second-order valence-electron chi connectivity index (χ2n) is 5.78. The molecule has 1 N–H and O–H groups in total. The monoisotopic (exact) mass is 294 g/mol. The first-order valence-corrected chi connectivity index (χ1v) is 7.89. The van der Waals surface area contributed by atoms with Crippen LogP contribution in [0.15, 0.2) is 48.5 Å². The van der Waals surface area contributed by atoms with Crippen LogP contribution in [0.5, 0.6) is 0 Å². The van der Waals surface area contributed by atoms with Crippen LogP contribution in [0.1, 0.15) is 23.1 Å². The Labute approximate surface area is 132 Å². The van der Waals surface area contributed by atoms with Crippen molar-refractivity contribution >= 4 is 11.6 Å². The van der Waals surface area contributed by atoms with Crippen molar-refractivity contribution in [2.75, 3.05) is 18.0 Å². The standard InChI is InChI=1S/C19H22N2O/c1-15-6-2-3-7-16(15)10-11-19(22)21-13-12-20-14-17-8-4-5-9-18(17)21/h2-9,20H,10-14H2,1H3. The minimum absolute atomic E-state index is 0.208. The van der Waals surface area contributed by atoms with Crippen molar-refractivity contribution in [2.24, 2.45) is 0 Å². The zero-order valence-corrected chi connectivity index (χ0v) is 13.0. The van der Waals surface area contributed by atoms with Gasteiger partial charge >= 0.3 is 0 Å². The number of nitrogens with zero attached hydrogens (tertiary/aromatic N) is 1. The van der Waals surface area contributed by atoms with Gasteiger partial charge in [0.05, 0.1) is 0 Å². The average Bonchev–Trinajstić information content (AvgIpc) is 2.76. The summed E-state index contributed by atoms with van der Waals surface area (Å²) in [6.07, 6.45) is 1.36. The number of benzene rings is 2. The maximum Gasteiger partial charge on any atom is 0.227 e. The molecule has 1 aliphatic rings. The molecule has 0 bridgehead atoms. The Morgan fingerprint density at radius 2 is 1.91 bits per heavy atom. The number of carbonyl (C=O) groups is 1. The molecule has 0 spiro atoms. The van der Waals surface area contributed by atoms with Crippen molar-refractivity contribution in [2.45, 2.75) is 26.3 Å². The van der Waals surface area contributed by atoms with Crippen molar-refractivity contribution in [3.05, 3.63) is 65.2 Å². The maximum atomic E-state index is 12.7. The van der Waals surface area contributed by atoms with E-state index >= 15 is 0 Å². The van der Waals surface area contributed by atoms with Gasteiger partial charge in [0.15, 0.2) is 0 Å². The molecule has 2 aromatic carbocycles. The van der Waals surface area contributed by atoms with E-state index in [2.05, 4.69) is 30.4 Å². The van der Waals surface area contributed by atoms with E-state index in [1.165, 1.54) is 16.7 Å². The second-order valence-corrected chi connectivity index (χ2v) is 5.78. The van der Waals surface area contributed by atoms with E-state index in [1.54, 1.807) is 0 Å². The maximum absolute atomic E-state index is 12.7. The molecule has 2 aromatic rings. The number of hydrogen-bond donors (Lipinski definition) is 1. The van der Waals surface area contributed by atoms with E-state index in [0.29, 0.717) is 6.42 Å². The fourth-order valence-corrected chi connectivity index (χ4v) is 2.98. The lowest BCUT2D eigenvalue weighted by Crippen LogP contribution is -2.34. The van der Waals surface area contributed by atoms with Crippen LogP contribution in [0.25, 0.3) is 0 Å². The quantitative estimate of drug-likeness (QED) is 0.943. The van der Waals surface area contributed by atoms with E-state index in [-0.39, 0.29) is 5.91 Å². The predicted molar refractivity (Wildman–Crippen MR) is 90.0 cm³/mol. The van der Waals surface area contributed by atoms with Crippen molar-refractivity contribution in [1.82, 2.24) is 5.32 Å². The summed E-state index contributed by atoms with van der Waals surface area (Å²) in [7, 11) is 0. The summed E-state index contributed by atoms with van der Waals surface area (Å²) in [4.78, 5) is 14.6. The number of hydrogen-bond acceptors (Lipinski definition) is 2. The van der Waals surface area contributed by atoms with E-state index in [9.17, 15) is 4.79 Å². The van der Waals surface area contributed by atoms with E-state index in [1.807, 2.05) is 35.2 Å². The fourth-order valence-electron chi connectivity index (χ4n) is 2.98. The largest absolute Gasteiger partial charge is 0.311 e. The van der Waals surface area contributed by atoms with Crippen molar-refractivity contribution in [3.8, 4) is 0 Å². The molecule has 0 saturated heterocycles.